The quantitative estimate of drug-likeness (QED) is 0.0224. The van der Waals surface area contributed by atoms with Crippen LogP contribution in [0.1, 0.15) is 98.1 Å². The summed E-state index contributed by atoms with van der Waals surface area (Å²) >= 11 is 0. The smallest absolute Gasteiger partial charge is 0.351 e. The summed E-state index contributed by atoms with van der Waals surface area (Å²) in [5.74, 6) is -1.96. The Labute approximate surface area is 455 Å². The topological polar surface area (TPSA) is 246 Å². The molecule has 2 saturated heterocycles. The van der Waals surface area contributed by atoms with Crippen LogP contribution in [0.25, 0.3) is 0 Å². The van der Waals surface area contributed by atoms with Crippen LogP contribution in [-0.2, 0) is 76.5 Å². The van der Waals surface area contributed by atoms with Crippen LogP contribution in [-0.4, -0.2) is 140 Å². The maximum absolute atomic E-state index is 13.7. The van der Waals surface area contributed by atoms with Gasteiger partial charge in [-0.3, -0.25) is 28.5 Å². The van der Waals surface area contributed by atoms with Crippen molar-refractivity contribution in [1.29, 1.82) is 0 Å². The second kappa shape index (κ2) is 28.5. The third-order valence-electron chi connectivity index (χ3n) is 12.5. The summed E-state index contributed by atoms with van der Waals surface area (Å²) < 4.78 is 76.7. The molecule has 0 radical (unpaired) electrons. The van der Waals surface area contributed by atoms with Crippen molar-refractivity contribution in [1.82, 2.24) is 14.2 Å². The second-order valence-electron chi connectivity index (χ2n) is 18.9. The lowest BCUT2D eigenvalue weighted by Gasteiger charge is -2.44. The molecule has 6 rings (SSSR count). The third kappa shape index (κ3) is 15.9. The number of rotatable bonds is 26. The van der Waals surface area contributed by atoms with Gasteiger partial charge < -0.3 is 61.7 Å². The van der Waals surface area contributed by atoms with Gasteiger partial charge in [0.2, 0.25) is 5.91 Å². The molecule has 4 aromatic rings. The van der Waals surface area contributed by atoms with Gasteiger partial charge >= 0.3 is 29.6 Å². The van der Waals surface area contributed by atoms with Crippen molar-refractivity contribution in [3.05, 3.63) is 118 Å². The van der Waals surface area contributed by atoms with Crippen molar-refractivity contribution >= 4 is 44.1 Å². The summed E-state index contributed by atoms with van der Waals surface area (Å²) in [6, 6.07) is 26.3. The minimum Gasteiger partial charge on any atom is -0.497 e. The van der Waals surface area contributed by atoms with Gasteiger partial charge in [-0.2, -0.15) is 4.98 Å². The number of nitrogens with zero attached hydrogens (tertiary/aromatic N) is 3. The van der Waals surface area contributed by atoms with Crippen molar-refractivity contribution in [2.45, 2.75) is 142 Å². The Morgan fingerprint density at radius 2 is 1.27 bits per heavy atom. The fraction of sp³-hybridized carbons (Fsp3) is 0.509. The zero-order valence-electron chi connectivity index (χ0n) is 45.8. The minimum atomic E-state index is -1.93. The van der Waals surface area contributed by atoms with Gasteiger partial charge in [0, 0.05) is 59.3 Å². The van der Waals surface area contributed by atoms with Gasteiger partial charge in [0.05, 0.1) is 40.1 Å². The molecule has 2 aliphatic heterocycles. The molecule has 2 aliphatic rings. The molecule has 1 N–H and O–H groups in total. The monoisotopic (exact) mass is 1110 g/mol. The molecule has 78 heavy (non-hydrogen) atoms. The van der Waals surface area contributed by atoms with Gasteiger partial charge in [-0.15, -0.1) is 0 Å². The first-order valence-electron chi connectivity index (χ1n) is 25.5. The molecule has 1 amide bonds. The highest BCUT2D eigenvalue weighted by molar-refractivity contribution is 7.44. The van der Waals surface area contributed by atoms with E-state index in [2.05, 4.69) is 15.0 Å². The molecular formula is C55H71N4O18P. The first kappa shape index (κ1) is 60.9. The van der Waals surface area contributed by atoms with Gasteiger partial charge in [-0.25, -0.2) is 9.46 Å². The molecule has 3 aromatic carbocycles. The van der Waals surface area contributed by atoms with Crippen molar-refractivity contribution in [3.63, 3.8) is 0 Å². The van der Waals surface area contributed by atoms with E-state index in [-0.39, 0.29) is 50.6 Å². The number of ether oxygens (including phenoxy) is 10. The molecule has 0 aliphatic carbocycles. The van der Waals surface area contributed by atoms with Gasteiger partial charge in [-0.1, -0.05) is 54.6 Å². The number of amides is 1. The zero-order valence-corrected chi connectivity index (χ0v) is 46.7. The fourth-order valence-corrected chi connectivity index (χ4v) is 11.1. The maximum Gasteiger partial charge on any atom is 0.351 e. The van der Waals surface area contributed by atoms with Crippen LogP contribution in [0.4, 0.5) is 5.82 Å². The summed E-state index contributed by atoms with van der Waals surface area (Å²) in [5, 5.41) is 2.55. The predicted molar refractivity (Wildman–Crippen MR) is 282 cm³/mol. The van der Waals surface area contributed by atoms with Crippen LogP contribution in [0, 0.1) is 0 Å². The standard InChI is InChI=1S/C55H71N4O18P/c1-33(2)59(34(3)4)78(71-29-15-28-68-53-52(74-39(9)64)51(73-38(8)63)50(72-37(7)62)47(76-53)31-69-36(6)61)77-45-30-49(58-27-26-48(56-35(5)60)57-54(58)65)75-46(45)32-70-55(40-16-13-12-14-17-40,41-18-22-43(66-10)23-19-41)42-20-24-44(67-11)25-21-42/h12-14,16-27,33-34,45-47,49-53H,15,28-32H2,1-11H3,(H,56,57,60,65)/t45-,46+,47+,49+,50+,51-,52+,53+,78?/m0/s1. The highest BCUT2D eigenvalue weighted by atomic mass is 31.2. The molecule has 0 bridgehead atoms. The number of hydrogen-bond donors (Lipinski definition) is 1. The first-order valence-corrected chi connectivity index (χ1v) is 26.7. The Bertz CT molecular complexity index is 2620. The largest absolute Gasteiger partial charge is 0.497 e. The number of benzene rings is 3. The molecule has 0 spiro atoms. The van der Waals surface area contributed by atoms with Gasteiger partial charge in [0.1, 0.15) is 48.0 Å². The number of anilines is 1. The number of aromatic nitrogens is 2. The van der Waals surface area contributed by atoms with E-state index >= 15 is 0 Å². The summed E-state index contributed by atoms with van der Waals surface area (Å²) in [6.07, 6.45) is -7.35. The van der Waals surface area contributed by atoms with E-state index in [9.17, 15) is 28.8 Å². The Balaban J connectivity index is 1.32. The number of esters is 4. The number of carbonyl (C=O) groups is 5. The van der Waals surface area contributed by atoms with Crippen LogP contribution in [0.2, 0.25) is 0 Å². The zero-order chi connectivity index (χ0) is 56.7. The van der Waals surface area contributed by atoms with Crippen molar-refractivity contribution in [2.24, 2.45) is 0 Å². The molecule has 1 aromatic heterocycles. The molecule has 2 fully saturated rings. The first-order chi connectivity index (χ1) is 37.2. The lowest BCUT2D eigenvalue weighted by atomic mass is 9.80. The second-order valence-corrected chi connectivity index (χ2v) is 20.3. The molecule has 3 heterocycles. The van der Waals surface area contributed by atoms with E-state index < -0.39 is 105 Å². The Morgan fingerprint density at radius 1 is 0.705 bits per heavy atom. The molecular weight excluding hydrogens is 1040 g/mol. The molecule has 9 atom stereocenters. The van der Waals surface area contributed by atoms with E-state index in [1.807, 2.05) is 107 Å². The predicted octanol–water partition coefficient (Wildman–Crippen LogP) is 6.75. The van der Waals surface area contributed by atoms with Crippen LogP contribution in [0.3, 0.4) is 0 Å². The maximum atomic E-state index is 13.7. The molecule has 23 heteroatoms. The highest BCUT2D eigenvalue weighted by Crippen LogP contribution is 2.51. The molecule has 424 valence electrons. The Kier molecular flexibility index (Phi) is 22.2. The summed E-state index contributed by atoms with van der Waals surface area (Å²) in [7, 11) is 1.27. The minimum absolute atomic E-state index is 0.0607. The summed E-state index contributed by atoms with van der Waals surface area (Å²) in [6.45, 7) is 13.5. The van der Waals surface area contributed by atoms with Gasteiger partial charge in [0.15, 0.2) is 24.6 Å². The molecule has 22 nitrogen and oxygen atoms in total. The summed E-state index contributed by atoms with van der Waals surface area (Å²) in [4.78, 5) is 78.7. The fourth-order valence-electron chi connectivity index (χ4n) is 9.26. The van der Waals surface area contributed by atoms with Crippen LogP contribution >= 0.6 is 8.53 Å². The molecule has 0 saturated carbocycles. The number of nitrogens with one attached hydrogen (secondary N) is 1. The number of hydrogen-bond acceptors (Lipinski definition) is 20. The van der Waals surface area contributed by atoms with E-state index in [1.54, 1.807) is 14.2 Å². The van der Waals surface area contributed by atoms with Gasteiger partial charge in [-0.05, 0) is 81.1 Å². The average Bonchev–Trinajstić information content (AvgIpc) is 3.86. The highest BCUT2D eigenvalue weighted by Gasteiger charge is 2.53. The molecule has 1 unspecified atom stereocenters. The summed E-state index contributed by atoms with van der Waals surface area (Å²) in [5.41, 5.74) is 0.460. The Hall–Kier alpha value is -6.36. The average molecular weight is 1110 g/mol. The van der Waals surface area contributed by atoms with Crippen LogP contribution < -0.4 is 20.5 Å². The number of carbonyl (C=O) groups excluding carboxylic acids is 5. The van der Waals surface area contributed by atoms with Crippen LogP contribution in [0.5, 0.6) is 11.5 Å². The lowest BCUT2D eigenvalue weighted by molar-refractivity contribution is -0.308. The van der Waals surface area contributed by atoms with Crippen molar-refractivity contribution in [2.75, 3.05) is 46.0 Å². The van der Waals surface area contributed by atoms with Crippen LogP contribution in [0.15, 0.2) is 95.9 Å². The van der Waals surface area contributed by atoms with E-state index in [4.69, 9.17) is 56.4 Å². The third-order valence-corrected chi connectivity index (χ3v) is 14.6. The van der Waals surface area contributed by atoms with E-state index in [0.29, 0.717) is 11.5 Å². The van der Waals surface area contributed by atoms with Crippen molar-refractivity contribution in [3.8, 4) is 11.5 Å². The lowest BCUT2D eigenvalue weighted by Crippen LogP contribution is -2.63. The van der Waals surface area contributed by atoms with Crippen molar-refractivity contribution < 1.29 is 80.4 Å². The van der Waals surface area contributed by atoms with E-state index in [1.165, 1.54) is 30.7 Å². The number of methoxy groups -OCH3 is 2. The van der Waals surface area contributed by atoms with Gasteiger partial charge in [0.25, 0.3) is 8.53 Å². The SMILES string of the molecule is COc1ccc(C(OC[C@H]2O[C@@H](n3ccc(NC(C)=O)nc3=O)C[C@@H]2OP(OCCCO[C@@H]2O[C@H](COC(C)=O)[C@@H](OC(C)=O)[C@H](OC(C)=O)[C@H]2OC(C)=O)N(C(C)C)C(C)C)(c2ccccc2)c2ccc(OC)cc2)cc1. The van der Waals surface area contributed by atoms with E-state index in [0.717, 1.165) is 37.5 Å². The Morgan fingerprint density at radius 3 is 1.79 bits per heavy atom. The normalized spacial score (nSPS) is 21.7.